The summed E-state index contributed by atoms with van der Waals surface area (Å²) < 4.78 is 22.4. The predicted molar refractivity (Wildman–Crippen MR) is 161 cm³/mol. The molecule has 0 unspecified atom stereocenters. The second-order valence-electron chi connectivity index (χ2n) is 9.37. The van der Waals surface area contributed by atoms with Crippen molar-refractivity contribution in [1.29, 1.82) is 0 Å². The number of ether oxygens (including phenoxy) is 4. The van der Waals surface area contributed by atoms with E-state index in [-0.39, 0.29) is 12.2 Å². The van der Waals surface area contributed by atoms with Gasteiger partial charge in [-0.15, -0.1) is 0 Å². The van der Waals surface area contributed by atoms with Gasteiger partial charge < -0.3 is 34.7 Å². The van der Waals surface area contributed by atoms with Crippen LogP contribution in [0.3, 0.4) is 0 Å². The van der Waals surface area contributed by atoms with Crippen molar-refractivity contribution in [1.82, 2.24) is 16.1 Å². The molecule has 226 valence electrons. The Bertz CT molecular complexity index is 1500. The molecule has 1 aliphatic heterocycles. The summed E-state index contributed by atoms with van der Waals surface area (Å²) in [6.45, 7) is 3.97. The van der Waals surface area contributed by atoms with Gasteiger partial charge in [0.25, 0.3) is 0 Å². The minimum Gasteiger partial charge on any atom is -0.490 e. The number of hydrazone groups is 1. The van der Waals surface area contributed by atoms with Crippen LogP contribution in [0.25, 0.3) is 0 Å². The fraction of sp³-hybridized carbons (Fsp3) is 0.258. The summed E-state index contributed by atoms with van der Waals surface area (Å²) >= 11 is 6.17. The van der Waals surface area contributed by atoms with E-state index in [9.17, 15) is 14.7 Å². The number of methoxy groups -OCH3 is 1. The number of rotatable bonds is 13. The summed E-state index contributed by atoms with van der Waals surface area (Å²) in [5.41, 5.74) is 5.50. The molecule has 4 rings (SSSR count). The third-order valence-corrected chi connectivity index (χ3v) is 6.54. The van der Waals surface area contributed by atoms with Gasteiger partial charge in [0.2, 0.25) is 0 Å². The van der Waals surface area contributed by atoms with Crippen LogP contribution in [-0.4, -0.2) is 49.9 Å². The lowest BCUT2D eigenvalue weighted by Crippen LogP contribution is -2.45. The number of carbonyl (C=O) groups excluding carboxylic acids is 2. The maximum absolute atomic E-state index is 12.4. The highest BCUT2D eigenvalue weighted by atomic mass is 35.5. The van der Waals surface area contributed by atoms with Gasteiger partial charge in [0.1, 0.15) is 19.0 Å². The summed E-state index contributed by atoms with van der Waals surface area (Å²) in [5, 5.41) is 20.4. The van der Waals surface area contributed by atoms with E-state index < -0.39 is 24.3 Å². The number of nitrogens with one attached hydrogen (secondary N) is 3. The third kappa shape index (κ3) is 8.40. The molecular weight excluding hydrogens is 576 g/mol. The lowest BCUT2D eigenvalue weighted by molar-refractivity contribution is -0.136. The van der Waals surface area contributed by atoms with E-state index in [2.05, 4.69) is 21.2 Å². The molecule has 0 radical (unpaired) electrons. The van der Waals surface area contributed by atoms with Gasteiger partial charge in [-0.3, -0.25) is 5.43 Å². The number of urea groups is 1. The molecule has 43 heavy (non-hydrogen) atoms. The molecule has 0 fully saturated rings. The Morgan fingerprint density at radius 2 is 1.84 bits per heavy atom. The van der Waals surface area contributed by atoms with Crippen molar-refractivity contribution in [2.45, 2.75) is 32.7 Å². The number of halogens is 1. The highest BCUT2D eigenvalue weighted by molar-refractivity contribution is 6.30. The largest absolute Gasteiger partial charge is 0.490 e. The van der Waals surface area contributed by atoms with Gasteiger partial charge in [-0.05, 0) is 55.3 Å². The molecule has 0 aromatic heterocycles. The van der Waals surface area contributed by atoms with Crippen LogP contribution in [-0.2, 0) is 16.1 Å². The normalized spacial score (nSPS) is 15.4. The molecule has 2 amide bonds. The Morgan fingerprint density at radius 1 is 1.07 bits per heavy atom. The number of nitrogens with zero attached hydrogens (tertiary/aromatic N) is 1. The summed E-state index contributed by atoms with van der Waals surface area (Å²) in [7, 11) is 1.27. The van der Waals surface area contributed by atoms with Crippen molar-refractivity contribution in [3.63, 3.8) is 0 Å². The molecule has 1 aliphatic rings. The highest BCUT2D eigenvalue weighted by Crippen LogP contribution is 2.35. The van der Waals surface area contributed by atoms with Gasteiger partial charge in [-0.1, -0.05) is 48.0 Å². The van der Waals surface area contributed by atoms with Crippen molar-refractivity contribution in [3.05, 3.63) is 99.7 Å². The second kappa shape index (κ2) is 14.9. The van der Waals surface area contributed by atoms with E-state index >= 15 is 0 Å². The highest BCUT2D eigenvalue weighted by Gasteiger charge is 2.32. The summed E-state index contributed by atoms with van der Waals surface area (Å²) in [4.78, 5) is 24.6. The molecule has 0 saturated carbocycles. The fourth-order valence-corrected chi connectivity index (χ4v) is 4.48. The fourth-order valence-electron chi connectivity index (χ4n) is 4.30. The minimum absolute atomic E-state index is 0.166. The first kappa shape index (κ1) is 31.2. The predicted octanol–water partition coefficient (Wildman–Crippen LogP) is 4.44. The molecule has 2 atom stereocenters. The van der Waals surface area contributed by atoms with Gasteiger partial charge in [0, 0.05) is 16.3 Å². The van der Waals surface area contributed by atoms with Crippen LogP contribution in [0.2, 0.25) is 5.02 Å². The average molecular weight is 609 g/mol. The first-order chi connectivity index (χ1) is 20.8. The summed E-state index contributed by atoms with van der Waals surface area (Å²) in [5.74, 6) is 0.721. The molecule has 0 spiro atoms. The molecule has 3 aromatic carbocycles. The minimum atomic E-state index is -1.17. The van der Waals surface area contributed by atoms with Gasteiger partial charge in [0.15, 0.2) is 17.7 Å². The van der Waals surface area contributed by atoms with Crippen molar-refractivity contribution in [2.24, 2.45) is 5.10 Å². The molecule has 4 N–H and O–H groups in total. The van der Waals surface area contributed by atoms with Gasteiger partial charge in [-0.2, -0.15) is 5.10 Å². The number of carbonyl (C=O) groups is 2. The smallest absolute Gasteiger partial charge is 0.337 e. The lowest BCUT2D eigenvalue weighted by atomic mass is 9.95. The lowest BCUT2D eigenvalue weighted by Gasteiger charge is -2.28. The first-order valence-corrected chi connectivity index (χ1v) is 13.9. The van der Waals surface area contributed by atoms with E-state index in [1.54, 1.807) is 43.3 Å². The number of hydrogen-bond acceptors (Lipinski definition) is 9. The molecule has 12 heteroatoms. The molecular formula is C31H33ClN4O7. The van der Waals surface area contributed by atoms with E-state index in [1.165, 1.54) is 13.3 Å². The Balaban J connectivity index is 1.40. The zero-order chi connectivity index (χ0) is 30.8. The Kier molecular flexibility index (Phi) is 10.8. The van der Waals surface area contributed by atoms with Crippen molar-refractivity contribution in [2.75, 3.05) is 20.3 Å². The van der Waals surface area contributed by atoms with E-state index in [0.29, 0.717) is 52.3 Å². The number of hydrogen-bond donors (Lipinski definition) is 4. The van der Waals surface area contributed by atoms with Crippen LogP contribution in [0.1, 0.15) is 36.6 Å². The van der Waals surface area contributed by atoms with Gasteiger partial charge >= 0.3 is 12.0 Å². The summed E-state index contributed by atoms with van der Waals surface area (Å²) in [6, 6.07) is 18.7. The van der Waals surface area contributed by atoms with Crippen LogP contribution in [0.4, 0.5) is 4.79 Å². The van der Waals surface area contributed by atoms with E-state index in [4.69, 9.17) is 30.5 Å². The topological polar surface area (TPSA) is 140 Å². The maximum atomic E-state index is 12.4. The number of allylic oxidation sites excluding steroid dienone is 1. The molecule has 0 bridgehead atoms. The van der Waals surface area contributed by atoms with Crippen molar-refractivity contribution < 1.29 is 33.6 Å². The number of aliphatic hydroxyl groups excluding tert-OH is 1. The van der Waals surface area contributed by atoms with E-state index in [1.807, 2.05) is 37.3 Å². The standard InChI is InChI=1S/C31H33ClN4O7/c1-4-41-26-15-21(29-28(30(38)40-3)19(2)34-31(39)35-29)10-12-25(26)43-18-27(37)36-33-16-22-14-23(32)11-13-24(22)42-17-20-8-6-5-7-9-20/h5-16,27,29,36-37H,4,17-18H2,1-3H3,(H2,34,35,39)/b33-16+/t27-,29-/m0/s1. The van der Waals surface area contributed by atoms with Crippen LogP contribution in [0, 0.1) is 0 Å². The summed E-state index contributed by atoms with van der Waals surface area (Å²) in [6.07, 6.45) is 0.330. The Hall–Kier alpha value is -4.74. The Morgan fingerprint density at radius 3 is 2.58 bits per heavy atom. The van der Waals surface area contributed by atoms with Crippen molar-refractivity contribution >= 4 is 29.8 Å². The number of esters is 1. The molecule has 1 heterocycles. The average Bonchev–Trinajstić information content (AvgIpc) is 3.00. The number of amides is 2. The van der Waals surface area contributed by atoms with Crippen LogP contribution in [0.15, 0.2) is 83.1 Å². The SMILES string of the molecule is CCOc1cc([C@@H]2NC(=O)NC(C)=C2C(=O)OC)ccc1OC[C@H](O)N/N=C/c1cc(Cl)ccc1OCc1ccccc1. The monoisotopic (exact) mass is 608 g/mol. The van der Waals surface area contributed by atoms with Gasteiger partial charge in [0.05, 0.1) is 31.5 Å². The second-order valence-corrected chi connectivity index (χ2v) is 9.81. The van der Waals surface area contributed by atoms with Crippen LogP contribution < -0.4 is 30.3 Å². The zero-order valence-electron chi connectivity index (χ0n) is 23.9. The zero-order valence-corrected chi connectivity index (χ0v) is 24.7. The van der Waals surface area contributed by atoms with Gasteiger partial charge in [-0.25, -0.2) is 9.59 Å². The van der Waals surface area contributed by atoms with E-state index in [0.717, 1.165) is 5.56 Å². The Labute approximate surface area is 254 Å². The van der Waals surface area contributed by atoms with Crippen molar-refractivity contribution in [3.8, 4) is 17.2 Å². The number of benzene rings is 3. The third-order valence-electron chi connectivity index (χ3n) is 6.31. The van der Waals surface area contributed by atoms with Crippen LogP contribution >= 0.6 is 11.6 Å². The van der Waals surface area contributed by atoms with Crippen LogP contribution in [0.5, 0.6) is 17.2 Å². The molecule has 0 aliphatic carbocycles. The maximum Gasteiger partial charge on any atom is 0.337 e. The molecule has 3 aromatic rings. The first-order valence-electron chi connectivity index (χ1n) is 13.5. The molecule has 0 saturated heterocycles. The number of aliphatic hydroxyl groups is 1. The molecule has 11 nitrogen and oxygen atoms in total. The quantitative estimate of drug-likeness (QED) is 0.0967.